The van der Waals surface area contributed by atoms with E-state index in [2.05, 4.69) is 10.1 Å². The van der Waals surface area contributed by atoms with Gasteiger partial charge in [-0.15, -0.1) is 0 Å². The highest BCUT2D eigenvalue weighted by atomic mass is 19.4. The standard InChI is InChI=1S/C30H32F3N5O5/c1-29(2,3)43-28(40)36-15-21(16-36)38-14-19(13-35-38)18-6-7-23-22(10-18)34-17-37(23)20-11-25(41-4)27(26(12-20)42-5)24(39)8-9-30(31,32)33/h6-7,10-14,17,21H,8-9,15-16H2,1-5H3. The Kier molecular flexibility index (Phi) is 7.84. The molecular weight excluding hydrogens is 567 g/mol. The second-order valence-electron chi connectivity index (χ2n) is 11.3. The van der Waals surface area contributed by atoms with Gasteiger partial charge in [-0.25, -0.2) is 9.78 Å². The van der Waals surface area contributed by atoms with Crippen LogP contribution < -0.4 is 9.47 Å². The van der Waals surface area contributed by atoms with E-state index in [4.69, 9.17) is 14.2 Å². The number of methoxy groups -OCH3 is 2. The van der Waals surface area contributed by atoms with Crippen LogP contribution in [0.2, 0.25) is 0 Å². The normalized spacial score (nSPS) is 14.1. The molecule has 0 aliphatic carbocycles. The van der Waals surface area contributed by atoms with Crippen molar-refractivity contribution in [1.29, 1.82) is 0 Å². The van der Waals surface area contributed by atoms with Gasteiger partial charge in [-0.05, 0) is 38.5 Å². The van der Waals surface area contributed by atoms with Gasteiger partial charge >= 0.3 is 12.3 Å². The van der Waals surface area contributed by atoms with Crippen LogP contribution in [0, 0.1) is 0 Å². The second kappa shape index (κ2) is 11.3. The largest absolute Gasteiger partial charge is 0.496 e. The maximum atomic E-state index is 12.7. The van der Waals surface area contributed by atoms with E-state index in [1.165, 1.54) is 14.2 Å². The van der Waals surface area contributed by atoms with E-state index >= 15 is 0 Å². The summed E-state index contributed by atoms with van der Waals surface area (Å²) in [6, 6.07) is 8.94. The number of halogens is 3. The van der Waals surface area contributed by atoms with Crippen LogP contribution in [0.4, 0.5) is 18.0 Å². The van der Waals surface area contributed by atoms with Crippen molar-refractivity contribution in [3.05, 3.63) is 54.6 Å². The molecule has 1 amide bonds. The van der Waals surface area contributed by atoms with Crippen molar-refractivity contribution in [1.82, 2.24) is 24.2 Å². The summed E-state index contributed by atoms with van der Waals surface area (Å²) < 4.78 is 58.0. The summed E-state index contributed by atoms with van der Waals surface area (Å²) >= 11 is 0. The van der Waals surface area contributed by atoms with Crippen LogP contribution in [0.15, 0.2) is 49.1 Å². The lowest BCUT2D eigenvalue weighted by Gasteiger charge is -2.39. The van der Waals surface area contributed by atoms with Gasteiger partial charge in [0.05, 0.1) is 49.6 Å². The molecular formula is C30H32F3N5O5. The quantitative estimate of drug-likeness (QED) is 0.222. The van der Waals surface area contributed by atoms with Gasteiger partial charge < -0.3 is 19.1 Å². The number of ketones is 1. The summed E-state index contributed by atoms with van der Waals surface area (Å²) in [7, 11) is 2.69. The van der Waals surface area contributed by atoms with Gasteiger partial charge in [-0.1, -0.05) is 6.07 Å². The Morgan fingerprint density at radius 2 is 1.67 bits per heavy atom. The number of amides is 1. The van der Waals surface area contributed by atoms with Crippen molar-refractivity contribution in [2.24, 2.45) is 0 Å². The highest BCUT2D eigenvalue weighted by molar-refractivity contribution is 6.02. The second-order valence-corrected chi connectivity index (χ2v) is 11.3. The maximum absolute atomic E-state index is 12.7. The highest BCUT2D eigenvalue weighted by Crippen LogP contribution is 2.36. The number of carbonyl (C=O) groups is 2. The zero-order valence-corrected chi connectivity index (χ0v) is 24.4. The minimum absolute atomic E-state index is 0.0394. The molecule has 2 aromatic carbocycles. The molecule has 1 fully saturated rings. The fraction of sp³-hybridized carbons (Fsp3) is 0.400. The highest BCUT2D eigenvalue weighted by Gasteiger charge is 2.35. The Morgan fingerprint density at radius 3 is 2.28 bits per heavy atom. The lowest BCUT2D eigenvalue weighted by atomic mass is 10.0. The van der Waals surface area contributed by atoms with Crippen LogP contribution in [0.3, 0.4) is 0 Å². The van der Waals surface area contributed by atoms with E-state index in [0.29, 0.717) is 24.3 Å². The third kappa shape index (κ3) is 6.45. The molecule has 10 nitrogen and oxygen atoms in total. The third-order valence-electron chi connectivity index (χ3n) is 7.05. The molecule has 43 heavy (non-hydrogen) atoms. The predicted molar refractivity (Wildman–Crippen MR) is 152 cm³/mol. The van der Waals surface area contributed by atoms with Crippen LogP contribution in [-0.4, -0.2) is 75.2 Å². The molecule has 0 saturated carbocycles. The Hall–Kier alpha value is -4.55. The summed E-state index contributed by atoms with van der Waals surface area (Å²) in [4.78, 5) is 31.1. The molecule has 0 N–H and O–H groups in total. The minimum Gasteiger partial charge on any atom is -0.496 e. The predicted octanol–water partition coefficient (Wildman–Crippen LogP) is 6.22. The van der Waals surface area contributed by atoms with Crippen molar-refractivity contribution in [3.63, 3.8) is 0 Å². The first-order chi connectivity index (χ1) is 20.3. The van der Waals surface area contributed by atoms with E-state index in [9.17, 15) is 22.8 Å². The molecule has 0 unspecified atom stereocenters. The van der Waals surface area contributed by atoms with Gasteiger partial charge in [-0.2, -0.15) is 18.3 Å². The molecule has 1 saturated heterocycles. The van der Waals surface area contributed by atoms with Gasteiger partial charge in [-0.3, -0.25) is 14.0 Å². The summed E-state index contributed by atoms with van der Waals surface area (Å²) in [5, 5.41) is 4.50. The molecule has 0 radical (unpaired) electrons. The lowest BCUT2D eigenvalue weighted by molar-refractivity contribution is -0.133. The molecule has 2 aromatic heterocycles. The number of hydrogen-bond donors (Lipinski definition) is 0. The number of aromatic nitrogens is 4. The number of benzene rings is 2. The number of fused-ring (bicyclic) bond motifs is 1. The third-order valence-corrected chi connectivity index (χ3v) is 7.05. The number of ether oxygens (including phenoxy) is 3. The topological polar surface area (TPSA) is 101 Å². The van der Waals surface area contributed by atoms with Gasteiger partial charge in [0.15, 0.2) is 5.78 Å². The zero-order chi connectivity index (χ0) is 31.1. The van der Waals surface area contributed by atoms with E-state index < -0.39 is 30.4 Å². The first-order valence-electron chi connectivity index (χ1n) is 13.6. The number of nitrogens with zero attached hydrogens (tertiary/aromatic N) is 5. The molecule has 228 valence electrons. The van der Waals surface area contributed by atoms with Gasteiger partial charge in [0.25, 0.3) is 0 Å². The molecule has 3 heterocycles. The molecule has 5 rings (SSSR count). The molecule has 1 aliphatic heterocycles. The number of rotatable bonds is 8. The van der Waals surface area contributed by atoms with Crippen LogP contribution in [0.25, 0.3) is 27.8 Å². The Labute approximate surface area is 245 Å². The van der Waals surface area contributed by atoms with Crippen LogP contribution in [0.1, 0.15) is 50.0 Å². The zero-order valence-electron chi connectivity index (χ0n) is 24.4. The Balaban J connectivity index is 1.35. The van der Waals surface area contributed by atoms with Gasteiger partial charge in [0, 0.05) is 43.4 Å². The monoisotopic (exact) mass is 599 g/mol. The number of carbonyl (C=O) groups excluding carboxylic acids is 2. The number of alkyl halides is 3. The number of Topliss-reactive ketones (excluding diaryl/α,β-unsaturated/α-hetero) is 1. The average Bonchev–Trinajstić information content (AvgIpc) is 3.56. The summed E-state index contributed by atoms with van der Waals surface area (Å²) in [5.41, 5.74) is 3.19. The maximum Gasteiger partial charge on any atom is 0.410 e. The SMILES string of the molecule is COc1cc(-n2cnc3cc(-c4cnn(C5CN(C(=O)OC(C)(C)C)C5)c4)ccc32)cc(OC)c1C(=O)CCC(F)(F)F. The molecule has 4 aromatic rings. The van der Waals surface area contributed by atoms with Crippen molar-refractivity contribution >= 4 is 22.9 Å². The fourth-order valence-corrected chi connectivity index (χ4v) is 4.88. The summed E-state index contributed by atoms with van der Waals surface area (Å²) in [6.07, 6.45) is -1.45. The van der Waals surface area contributed by atoms with Crippen molar-refractivity contribution < 1.29 is 37.0 Å². The van der Waals surface area contributed by atoms with E-state index in [1.807, 2.05) is 49.8 Å². The molecule has 0 bridgehead atoms. The molecule has 0 atom stereocenters. The van der Waals surface area contributed by atoms with Crippen LogP contribution in [-0.2, 0) is 4.74 Å². The van der Waals surface area contributed by atoms with E-state index in [-0.39, 0.29) is 29.2 Å². The first-order valence-corrected chi connectivity index (χ1v) is 13.6. The van der Waals surface area contributed by atoms with Crippen LogP contribution >= 0.6 is 0 Å². The van der Waals surface area contributed by atoms with Crippen molar-refractivity contribution in [3.8, 4) is 28.3 Å². The molecule has 13 heteroatoms. The van der Waals surface area contributed by atoms with E-state index in [1.54, 1.807) is 34.1 Å². The number of likely N-dealkylation sites (tertiary alicyclic amines) is 1. The first kappa shape index (κ1) is 29.9. The van der Waals surface area contributed by atoms with Crippen molar-refractivity contribution in [2.75, 3.05) is 27.3 Å². The lowest BCUT2D eigenvalue weighted by Crippen LogP contribution is -2.52. The van der Waals surface area contributed by atoms with Crippen molar-refractivity contribution in [2.45, 2.75) is 51.4 Å². The smallest absolute Gasteiger partial charge is 0.410 e. The Morgan fingerprint density at radius 1 is 1.00 bits per heavy atom. The average molecular weight is 600 g/mol. The summed E-state index contributed by atoms with van der Waals surface area (Å²) in [5.74, 6) is -0.514. The van der Waals surface area contributed by atoms with E-state index in [0.717, 1.165) is 16.6 Å². The molecule has 1 aliphatic rings. The summed E-state index contributed by atoms with van der Waals surface area (Å²) in [6.45, 7) is 6.53. The number of hydrogen-bond acceptors (Lipinski definition) is 7. The van der Waals surface area contributed by atoms with Crippen LogP contribution in [0.5, 0.6) is 11.5 Å². The van der Waals surface area contributed by atoms with Gasteiger partial charge in [0.2, 0.25) is 0 Å². The Bertz CT molecular complexity index is 1640. The molecule has 0 spiro atoms. The number of imidazole rings is 1. The fourth-order valence-electron chi connectivity index (χ4n) is 4.88. The van der Waals surface area contributed by atoms with Gasteiger partial charge in [0.1, 0.15) is 29.0 Å². The minimum atomic E-state index is -4.45.